The molecule has 3 aromatic carbocycles. The van der Waals surface area contributed by atoms with Crippen molar-refractivity contribution in [1.82, 2.24) is 10.2 Å². The largest absolute Gasteiger partial charge is 0.495 e. The molecule has 0 aliphatic rings. The van der Waals surface area contributed by atoms with Crippen LogP contribution in [0.1, 0.15) is 30.5 Å². The van der Waals surface area contributed by atoms with Crippen LogP contribution in [0.4, 0.5) is 5.69 Å². The van der Waals surface area contributed by atoms with Gasteiger partial charge in [0.1, 0.15) is 18.3 Å². The summed E-state index contributed by atoms with van der Waals surface area (Å²) >= 11 is 6.28. The molecular weight excluding hydrogens is 550 g/mol. The molecule has 0 fully saturated rings. The molecule has 0 aromatic heterocycles. The molecule has 1 N–H and O–H groups in total. The second-order valence-corrected chi connectivity index (χ2v) is 12.3. The van der Waals surface area contributed by atoms with Crippen LogP contribution in [0.3, 0.4) is 0 Å². The molecule has 0 spiro atoms. The Labute approximate surface area is 241 Å². The summed E-state index contributed by atoms with van der Waals surface area (Å²) in [4.78, 5) is 29.1. The van der Waals surface area contributed by atoms with Gasteiger partial charge in [-0.25, -0.2) is 8.42 Å². The number of carbonyl (C=O) groups is 2. The van der Waals surface area contributed by atoms with Gasteiger partial charge in [-0.2, -0.15) is 0 Å². The van der Waals surface area contributed by atoms with E-state index < -0.39 is 28.5 Å². The molecule has 0 saturated carbocycles. The lowest BCUT2D eigenvalue weighted by molar-refractivity contribution is -0.140. The van der Waals surface area contributed by atoms with Crippen molar-refractivity contribution in [3.05, 3.63) is 94.5 Å². The first-order chi connectivity index (χ1) is 18.9. The van der Waals surface area contributed by atoms with Crippen LogP contribution in [0.2, 0.25) is 5.02 Å². The number of hydrogen-bond donors (Lipinski definition) is 1. The van der Waals surface area contributed by atoms with Crippen LogP contribution in [0.5, 0.6) is 5.75 Å². The highest BCUT2D eigenvalue weighted by molar-refractivity contribution is 7.92. The third-order valence-corrected chi connectivity index (χ3v) is 7.68. The quantitative estimate of drug-likeness (QED) is 0.335. The van der Waals surface area contributed by atoms with E-state index in [1.165, 1.54) is 24.1 Å². The van der Waals surface area contributed by atoms with Gasteiger partial charge in [-0.15, -0.1) is 0 Å². The first-order valence-electron chi connectivity index (χ1n) is 12.9. The number of benzene rings is 3. The predicted molar refractivity (Wildman–Crippen MR) is 159 cm³/mol. The number of ether oxygens (including phenoxy) is 1. The molecule has 8 nitrogen and oxygen atoms in total. The first kappa shape index (κ1) is 31.0. The van der Waals surface area contributed by atoms with Crippen molar-refractivity contribution in [3.63, 3.8) is 0 Å². The average Bonchev–Trinajstić information content (AvgIpc) is 2.88. The number of halogens is 1. The summed E-state index contributed by atoms with van der Waals surface area (Å²) < 4.78 is 32.0. The normalized spacial score (nSPS) is 12.1. The Balaban J connectivity index is 2.07. The van der Waals surface area contributed by atoms with Crippen LogP contribution in [0, 0.1) is 6.92 Å². The van der Waals surface area contributed by atoms with Crippen molar-refractivity contribution in [1.29, 1.82) is 0 Å². The molecule has 214 valence electrons. The van der Waals surface area contributed by atoms with E-state index in [4.69, 9.17) is 16.3 Å². The van der Waals surface area contributed by atoms with Gasteiger partial charge in [0.05, 0.1) is 24.1 Å². The maximum absolute atomic E-state index is 14.1. The number of nitrogens with one attached hydrogen (secondary N) is 1. The minimum Gasteiger partial charge on any atom is -0.495 e. The number of methoxy groups -OCH3 is 1. The zero-order valence-electron chi connectivity index (χ0n) is 23.4. The molecule has 0 radical (unpaired) electrons. The fourth-order valence-corrected chi connectivity index (χ4v) is 5.46. The van der Waals surface area contributed by atoms with Crippen LogP contribution in [0.25, 0.3) is 0 Å². The molecule has 10 heteroatoms. The van der Waals surface area contributed by atoms with Crippen LogP contribution in [0.15, 0.2) is 72.8 Å². The molecule has 1 atom stereocenters. The van der Waals surface area contributed by atoms with Crippen molar-refractivity contribution < 1.29 is 22.7 Å². The minimum absolute atomic E-state index is 0.116. The average molecular weight is 586 g/mol. The number of sulfonamides is 1. The highest BCUT2D eigenvalue weighted by Gasteiger charge is 2.33. The standard InChI is InChI=1S/C30H36ClN3O5S/c1-21(2)32-30(36)27(17-23-11-7-6-8-12-23)33(19-24-13-9-10-22(3)16-24)29(35)20-34(40(5,37)38)25-14-15-28(39-4)26(31)18-25/h6-16,18,21,27H,17,19-20H2,1-5H3,(H,32,36)/t27-/m0/s1. The Morgan fingerprint density at radius 2 is 1.65 bits per heavy atom. The SMILES string of the molecule is COc1ccc(N(CC(=O)N(Cc2cccc(C)c2)[C@@H](Cc2ccccc2)C(=O)NC(C)C)S(C)(=O)=O)cc1Cl. The fraction of sp³-hybridized carbons (Fsp3) is 0.333. The molecule has 2 amide bonds. The second kappa shape index (κ2) is 13.7. The van der Waals surface area contributed by atoms with E-state index in [-0.39, 0.29) is 35.6 Å². The van der Waals surface area contributed by atoms with Gasteiger partial charge in [-0.05, 0) is 50.1 Å². The van der Waals surface area contributed by atoms with Crippen molar-refractivity contribution in [3.8, 4) is 5.75 Å². The monoisotopic (exact) mass is 585 g/mol. The number of nitrogens with zero attached hydrogens (tertiary/aromatic N) is 2. The van der Waals surface area contributed by atoms with E-state index in [0.29, 0.717) is 5.75 Å². The molecule has 40 heavy (non-hydrogen) atoms. The summed E-state index contributed by atoms with van der Waals surface area (Å²) in [5, 5.41) is 3.14. The number of hydrogen-bond acceptors (Lipinski definition) is 5. The predicted octanol–water partition coefficient (Wildman–Crippen LogP) is 4.59. The maximum Gasteiger partial charge on any atom is 0.244 e. The summed E-state index contributed by atoms with van der Waals surface area (Å²) in [5.74, 6) is -0.475. The van der Waals surface area contributed by atoms with Crippen molar-refractivity contribution >= 4 is 39.1 Å². The first-order valence-corrected chi connectivity index (χ1v) is 15.1. The molecule has 0 bridgehead atoms. The molecule has 0 unspecified atom stereocenters. The van der Waals surface area contributed by atoms with Crippen LogP contribution >= 0.6 is 11.6 Å². The Bertz CT molecular complexity index is 1430. The molecule has 0 heterocycles. The van der Waals surface area contributed by atoms with Gasteiger partial charge >= 0.3 is 0 Å². The Morgan fingerprint density at radius 1 is 0.975 bits per heavy atom. The second-order valence-electron chi connectivity index (χ2n) is 9.97. The summed E-state index contributed by atoms with van der Waals surface area (Å²) in [6, 6.07) is 20.5. The lowest BCUT2D eigenvalue weighted by Gasteiger charge is -2.34. The molecule has 3 rings (SSSR count). The summed E-state index contributed by atoms with van der Waals surface area (Å²) in [5.41, 5.74) is 2.91. The zero-order valence-corrected chi connectivity index (χ0v) is 25.0. The molecule has 0 aliphatic carbocycles. The van der Waals surface area contributed by atoms with Gasteiger partial charge < -0.3 is 15.0 Å². The van der Waals surface area contributed by atoms with Gasteiger partial charge in [-0.3, -0.25) is 13.9 Å². The molecule has 0 saturated heterocycles. The number of rotatable bonds is 12. The molecule has 3 aromatic rings. The van der Waals surface area contributed by atoms with E-state index >= 15 is 0 Å². The zero-order chi connectivity index (χ0) is 29.4. The van der Waals surface area contributed by atoms with Gasteiger partial charge in [-0.1, -0.05) is 71.8 Å². The fourth-order valence-electron chi connectivity index (χ4n) is 4.37. The van der Waals surface area contributed by atoms with Gasteiger partial charge in [0.15, 0.2) is 0 Å². The number of amides is 2. The van der Waals surface area contributed by atoms with Crippen molar-refractivity contribution in [2.45, 2.75) is 45.8 Å². The minimum atomic E-state index is -3.90. The smallest absolute Gasteiger partial charge is 0.244 e. The van der Waals surface area contributed by atoms with Gasteiger partial charge in [0.2, 0.25) is 21.8 Å². The third kappa shape index (κ3) is 8.47. The van der Waals surface area contributed by atoms with Gasteiger partial charge in [0, 0.05) is 19.0 Å². The molecular formula is C30H36ClN3O5S. The Hall–Kier alpha value is -3.56. The van der Waals surface area contributed by atoms with E-state index in [0.717, 1.165) is 27.3 Å². The summed E-state index contributed by atoms with van der Waals surface area (Å²) in [7, 11) is -2.45. The summed E-state index contributed by atoms with van der Waals surface area (Å²) in [6.07, 6.45) is 1.28. The van der Waals surface area contributed by atoms with Crippen LogP contribution in [-0.2, 0) is 32.6 Å². The van der Waals surface area contributed by atoms with Crippen molar-refractivity contribution in [2.24, 2.45) is 0 Å². The third-order valence-electron chi connectivity index (χ3n) is 6.24. The van der Waals surface area contributed by atoms with E-state index in [2.05, 4.69) is 5.32 Å². The van der Waals surface area contributed by atoms with Gasteiger partial charge in [0.25, 0.3) is 0 Å². The number of anilines is 1. The maximum atomic E-state index is 14.1. The topological polar surface area (TPSA) is 96.0 Å². The molecule has 0 aliphatic heterocycles. The van der Waals surface area contributed by atoms with E-state index in [1.54, 1.807) is 6.07 Å². The summed E-state index contributed by atoms with van der Waals surface area (Å²) in [6.45, 7) is 5.24. The lowest BCUT2D eigenvalue weighted by Crippen LogP contribution is -2.54. The van der Waals surface area contributed by atoms with Crippen LogP contribution in [-0.4, -0.2) is 57.1 Å². The lowest BCUT2D eigenvalue weighted by atomic mass is 10.0. The Kier molecular flexibility index (Phi) is 10.6. The Morgan fingerprint density at radius 3 is 2.23 bits per heavy atom. The van der Waals surface area contributed by atoms with Crippen LogP contribution < -0.4 is 14.4 Å². The highest BCUT2D eigenvalue weighted by Crippen LogP contribution is 2.30. The number of aryl methyl sites for hydroxylation is 1. The highest BCUT2D eigenvalue weighted by atomic mass is 35.5. The van der Waals surface area contributed by atoms with Crippen molar-refractivity contribution in [2.75, 3.05) is 24.2 Å². The number of carbonyl (C=O) groups excluding carboxylic acids is 2. The van der Waals surface area contributed by atoms with E-state index in [9.17, 15) is 18.0 Å². The van der Waals surface area contributed by atoms with E-state index in [1.807, 2.05) is 75.4 Å².